The molecule has 0 aromatic heterocycles. The van der Waals surface area contributed by atoms with E-state index in [9.17, 15) is 0 Å². The standard InChI is InChI=1S/C59H42N2/c1-4-20-40(21-5-1)54-38-55(50-32-18-34-53-57(50)49-31-16-17-33-52(49)59(53,42-23-6-2-7-24-42)43-25-8-3-9-26-43)61-58(60-54)48-30-15-14-29-46(48)56-45-28-13-11-22-41(45)37-51-44-27-12-10-19-39(44)35-36-47(51)56/h1-38,54,58,60-61H. The van der Waals surface area contributed by atoms with Crippen LogP contribution in [-0.4, -0.2) is 0 Å². The first-order valence-electron chi connectivity index (χ1n) is 21.3. The van der Waals surface area contributed by atoms with Gasteiger partial charge in [0.2, 0.25) is 0 Å². The summed E-state index contributed by atoms with van der Waals surface area (Å²) in [5.74, 6) is 0. The van der Waals surface area contributed by atoms with E-state index in [4.69, 9.17) is 0 Å². The van der Waals surface area contributed by atoms with Crippen LogP contribution in [0.15, 0.2) is 231 Å². The van der Waals surface area contributed by atoms with Gasteiger partial charge in [-0.15, -0.1) is 0 Å². The van der Waals surface area contributed by atoms with Crippen LogP contribution < -0.4 is 10.6 Å². The van der Waals surface area contributed by atoms with Crippen LogP contribution in [0.25, 0.3) is 60.3 Å². The largest absolute Gasteiger partial charge is 0.366 e. The van der Waals surface area contributed by atoms with Crippen molar-refractivity contribution in [3.63, 3.8) is 0 Å². The zero-order valence-corrected chi connectivity index (χ0v) is 33.6. The summed E-state index contributed by atoms with van der Waals surface area (Å²) in [6, 6.07) is 82.5. The predicted molar refractivity (Wildman–Crippen MR) is 254 cm³/mol. The monoisotopic (exact) mass is 778 g/mol. The van der Waals surface area contributed by atoms with Crippen molar-refractivity contribution in [3.8, 4) is 22.3 Å². The van der Waals surface area contributed by atoms with E-state index in [0.717, 1.165) is 5.70 Å². The summed E-state index contributed by atoms with van der Waals surface area (Å²) in [6.45, 7) is 0. The summed E-state index contributed by atoms with van der Waals surface area (Å²) in [5.41, 5.74) is 14.4. The highest BCUT2D eigenvalue weighted by Crippen LogP contribution is 2.58. The molecule has 2 heteroatoms. The molecule has 0 bridgehead atoms. The third-order valence-corrected chi connectivity index (χ3v) is 13.2. The summed E-state index contributed by atoms with van der Waals surface area (Å²) in [5, 5.41) is 15.8. The fourth-order valence-electron chi connectivity index (χ4n) is 10.6. The van der Waals surface area contributed by atoms with Gasteiger partial charge in [0.15, 0.2) is 0 Å². The van der Waals surface area contributed by atoms with Gasteiger partial charge in [0, 0.05) is 11.3 Å². The van der Waals surface area contributed by atoms with Gasteiger partial charge >= 0.3 is 0 Å². The lowest BCUT2D eigenvalue weighted by Crippen LogP contribution is -2.40. The highest BCUT2D eigenvalue weighted by Gasteiger charge is 2.47. The van der Waals surface area contributed by atoms with Crippen LogP contribution in [0.1, 0.15) is 51.2 Å². The summed E-state index contributed by atoms with van der Waals surface area (Å²) in [6.07, 6.45) is 2.19. The van der Waals surface area contributed by atoms with Crippen molar-refractivity contribution in [3.05, 3.63) is 269 Å². The van der Waals surface area contributed by atoms with Gasteiger partial charge in [0.25, 0.3) is 0 Å². The Balaban J connectivity index is 1.08. The molecular formula is C59H42N2. The van der Waals surface area contributed by atoms with Gasteiger partial charge in [-0.3, -0.25) is 5.32 Å². The smallest absolute Gasteiger partial charge is 0.105 e. The number of fused-ring (bicyclic) bond motifs is 7. The minimum Gasteiger partial charge on any atom is -0.366 e. The third-order valence-electron chi connectivity index (χ3n) is 13.2. The molecule has 1 heterocycles. The van der Waals surface area contributed by atoms with Crippen molar-refractivity contribution in [1.82, 2.24) is 10.6 Å². The van der Waals surface area contributed by atoms with Crippen molar-refractivity contribution < 1.29 is 0 Å². The van der Waals surface area contributed by atoms with Gasteiger partial charge in [-0.2, -0.15) is 0 Å². The van der Waals surface area contributed by atoms with E-state index in [1.165, 1.54) is 93.5 Å². The van der Waals surface area contributed by atoms with E-state index >= 15 is 0 Å². The molecule has 1 aliphatic carbocycles. The van der Waals surface area contributed by atoms with E-state index in [2.05, 4.69) is 241 Å². The quantitative estimate of drug-likeness (QED) is 0.130. The first-order valence-corrected chi connectivity index (χ1v) is 21.3. The third kappa shape index (κ3) is 5.53. The van der Waals surface area contributed by atoms with Crippen LogP contribution >= 0.6 is 0 Å². The summed E-state index contributed by atoms with van der Waals surface area (Å²) in [7, 11) is 0. The first kappa shape index (κ1) is 35.4. The van der Waals surface area contributed by atoms with E-state index in [-0.39, 0.29) is 12.2 Å². The van der Waals surface area contributed by atoms with Crippen LogP contribution in [0.3, 0.4) is 0 Å². The second-order valence-electron chi connectivity index (χ2n) is 16.4. The predicted octanol–water partition coefficient (Wildman–Crippen LogP) is 14.2. The molecule has 0 spiro atoms. The van der Waals surface area contributed by atoms with E-state index in [1.54, 1.807) is 0 Å². The van der Waals surface area contributed by atoms with Crippen LogP contribution in [0.2, 0.25) is 0 Å². The molecule has 0 radical (unpaired) electrons. The molecule has 0 saturated heterocycles. The molecule has 0 fully saturated rings. The van der Waals surface area contributed by atoms with Crippen LogP contribution in [0, 0.1) is 0 Å². The molecule has 12 rings (SSSR count). The van der Waals surface area contributed by atoms with E-state index in [0.29, 0.717) is 0 Å². The number of benzene rings is 10. The molecule has 0 saturated carbocycles. The Morgan fingerprint density at radius 1 is 0.377 bits per heavy atom. The molecule has 2 N–H and O–H groups in total. The average molecular weight is 779 g/mol. The average Bonchev–Trinajstić information content (AvgIpc) is 3.65. The first-order chi connectivity index (χ1) is 30.3. The Morgan fingerprint density at radius 3 is 1.74 bits per heavy atom. The number of hydrogen-bond acceptors (Lipinski definition) is 2. The van der Waals surface area contributed by atoms with E-state index < -0.39 is 5.41 Å². The number of nitrogens with one attached hydrogen (secondary N) is 2. The number of rotatable bonds is 6. The Kier molecular flexibility index (Phi) is 8.33. The van der Waals surface area contributed by atoms with Crippen molar-refractivity contribution in [2.45, 2.75) is 17.6 Å². The molecule has 0 amide bonds. The van der Waals surface area contributed by atoms with Crippen LogP contribution in [0.5, 0.6) is 0 Å². The maximum atomic E-state index is 4.14. The molecule has 2 nitrogen and oxygen atoms in total. The fraction of sp³-hybridized carbons (Fsp3) is 0.0508. The van der Waals surface area contributed by atoms with Gasteiger partial charge in [-0.1, -0.05) is 218 Å². The minimum atomic E-state index is -0.484. The Hall–Kier alpha value is -7.52. The van der Waals surface area contributed by atoms with Gasteiger partial charge in [0.05, 0.1) is 11.5 Å². The molecule has 2 atom stereocenters. The second kappa shape index (κ2) is 14.3. The molecule has 10 aromatic carbocycles. The molecule has 10 aromatic rings. The lowest BCUT2D eigenvalue weighted by molar-refractivity contribution is 0.443. The second-order valence-corrected chi connectivity index (χ2v) is 16.4. The van der Waals surface area contributed by atoms with Crippen LogP contribution in [0.4, 0.5) is 0 Å². The lowest BCUT2D eigenvalue weighted by atomic mass is 9.67. The van der Waals surface area contributed by atoms with Gasteiger partial charge < -0.3 is 5.32 Å². The topological polar surface area (TPSA) is 24.1 Å². The molecule has 288 valence electrons. The zero-order valence-electron chi connectivity index (χ0n) is 33.6. The molecule has 1 aliphatic heterocycles. The summed E-state index contributed by atoms with van der Waals surface area (Å²) >= 11 is 0. The van der Waals surface area contributed by atoms with Crippen molar-refractivity contribution >= 4 is 38.0 Å². The van der Waals surface area contributed by atoms with Gasteiger partial charge in [-0.05, 0) is 100 Å². The zero-order chi connectivity index (χ0) is 40.3. The highest BCUT2D eigenvalue weighted by atomic mass is 15.2. The van der Waals surface area contributed by atoms with Gasteiger partial charge in [-0.25, -0.2) is 0 Å². The lowest BCUT2D eigenvalue weighted by Gasteiger charge is -2.35. The van der Waals surface area contributed by atoms with Gasteiger partial charge in [0.1, 0.15) is 6.17 Å². The number of hydrogen-bond donors (Lipinski definition) is 2. The highest BCUT2D eigenvalue weighted by molar-refractivity contribution is 6.20. The molecule has 2 unspecified atom stereocenters. The Labute approximate surface area is 356 Å². The Bertz CT molecular complexity index is 3270. The maximum absolute atomic E-state index is 4.14. The van der Waals surface area contributed by atoms with Crippen molar-refractivity contribution in [2.24, 2.45) is 0 Å². The minimum absolute atomic E-state index is 0.0516. The van der Waals surface area contributed by atoms with E-state index in [1.807, 2.05) is 0 Å². The maximum Gasteiger partial charge on any atom is 0.105 e. The van der Waals surface area contributed by atoms with Crippen molar-refractivity contribution in [1.29, 1.82) is 0 Å². The normalized spacial score (nSPS) is 16.5. The molecular weight excluding hydrogens is 737 g/mol. The van der Waals surface area contributed by atoms with Crippen LogP contribution in [-0.2, 0) is 5.41 Å². The molecule has 2 aliphatic rings. The fourth-order valence-corrected chi connectivity index (χ4v) is 10.6. The SMILES string of the molecule is C1=C(c2cccc3c2-c2ccccc2C3(c2ccccc2)c2ccccc2)NC(c2ccccc2-c2c3ccccc3cc3c2ccc2ccccc23)NC1c1ccccc1. The Morgan fingerprint density at radius 2 is 0.967 bits per heavy atom. The van der Waals surface area contributed by atoms with Crippen molar-refractivity contribution in [2.75, 3.05) is 0 Å². The summed E-state index contributed by atoms with van der Waals surface area (Å²) in [4.78, 5) is 0. The summed E-state index contributed by atoms with van der Waals surface area (Å²) < 4.78 is 0. The molecule has 61 heavy (non-hydrogen) atoms.